The Morgan fingerprint density at radius 2 is 1.80 bits per heavy atom. The zero-order chi connectivity index (χ0) is 18.0. The third kappa shape index (κ3) is 3.48. The fraction of sp³-hybridized carbons (Fsp3) is 0.300. The highest BCUT2D eigenvalue weighted by Crippen LogP contribution is 2.23. The fourth-order valence-corrected chi connectivity index (χ4v) is 3.13. The number of amides is 1. The van der Waals surface area contributed by atoms with E-state index in [9.17, 15) is 9.18 Å². The van der Waals surface area contributed by atoms with Crippen LogP contribution >= 0.6 is 0 Å². The number of benzene rings is 2. The Morgan fingerprint density at radius 1 is 1.08 bits per heavy atom. The Balaban J connectivity index is 1.70. The van der Waals surface area contributed by atoms with Crippen LogP contribution in [0.4, 0.5) is 10.1 Å². The Bertz CT molecular complexity index is 849. The highest BCUT2D eigenvalue weighted by atomic mass is 19.1. The van der Waals surface area contributed by atoms with Crippen molar-refractivity contribution in [1.82, 2.24) is 4.90 Å². The van der Waals surface area contributed by atoms with Crippen LogP contribution in [0, 0.1) is 31.0 Å². The van der Waals surface area contributed by atoms with Crippen molar-refractivity contribution >= 4 is 11.6 Å². The summed E-state index contributed by atoms with van der Waals surface area (Å²) in [4.78, 5) is 16.6. The molecule has 0 radical (unpaired) electrons. The molecule has 1 fully saturated rings. The van der Waals surface area contributed by atoms with Crippen LogP contribution in [-0.4, -0.2) is 37.0 Å². The van der Waals surface area contributed by atoms with Gasteiger partial charge in [0.25, 0.3) is 5.91 Å². The molecule has 0 saturated carbocycles. The van der Waals surface area contributed by atoms with E-state index in [-0.39, 0.29) is 17.0 Å². The number of carbonyl (C=O) groups excluding carboxylic acids is 1. The largest absolute Gasteiger partial charge is 0.368 e. The Morgan fingerprint density at radius 3 is 2.44 bits per heavy atom. The predicted molar refractivity (Wildman–Crippen MR) is 95.1 cm³/mol. The van der Waals surface area contributed by atoms with Gasteiger partial charge in [-0.1, -0.05) is 12.1 Å². The van der Waals surface area contributed by atoms with Gasteiger partial charge < -0.3 is 9.80 Å². The summed E-state index contributed by atoms with van der Waals surface area (Å²) in [5.74, 6) is -0.841. The van der Waals surface area contributed by atoms with Crippen molar-refractivity contribution in [3.05, 3.63) is 64.5 Å². The van der Waals surface area contributed by atoms with Crippen LogP contribution in [-0.2, 0) is 0 Å². The number of piperazine rings is 1. The first kappa shape index (κ1) is 17.0. The number of rotatable bonds is 2. The van der Waals surface area contributed by atoms with Gasteiger partial charge in [-0.2, -0.15) is 5.26 Å². The van der Waals surface area contributed by atoms with Crippen LogP contribution < -0.4 is 4.90 Å². The second-order valence-electron chi connectivity index (χ2n) is 6.38. The molecule has 1 aliphatic rings. The highest BCUT2D eigenvalue weighted by molar-refractivity contribution is 5.94. The van der Waals surface area contributed by atoms with Crippen molar-refractivity contribution in [2.24, 2.45) is 0 Å². The van der Waals surface area contributed by atoms with Crippen LogP contribution in [0.25, 0.3) is 0 Å². The van der Waals surface area contributed by atoms with E-state index in [1.54, 1.807) is 11.0 Å². The third-order valence-electron chi connectivity index (χ3n) is 4.61. The summed E-state index contributed by atoms with van der Waals surface area (Å²) in [6, 6.07) is 12.2. The van der Waals surface area contributed by atoms with E-state index in [1.807, 2.05) is 0 Å². The molecular formula is C20H20FN3O. The van der Waals surface area contributed by atoms with Crippen molar-refractivity contribution < 1.29 is 9.18 Å². The minimum Gasteiger partial charge on any atom is -0.368 e. The van der Waals surface area contributed by atoms with Crippen molar-refractivity contribution in [3.8, 4) is 6.07 Å². The quantitative estimate of drug-likeness (QED) is 0.845. The summed E-state index contributed by atoms with van der Waals surface area (Å²) in [5.41, 5.74) is 3.89. The van der Waals surface area contributed by atoms with Crippen molar-refractivity contribution in [1.29, 1.82) is 5.26 Å². The molecule has 1 saturated heterocycles. The molecule has 3 rings (SSSR count). The van der Waals surface area contributed by atoms with Crippen LogP contribution in [0.2, 0.25) is 0 Å². The van der Waals surface area contributed by atoms with E-state index < -0.39 is 5.82 Å². The van der Waals surface area contributed by atoms with Gasteiger partial charge in [-0.25, -0.2) is 4.39 Å². The standard InChI is InChI=1S/C20H20FN3O/c1-14-3-4-15(2)19(11-14)23-7-9-24(10-8-23)20(25)16-5-6-17(13-22)18(21)12-16/h3-6,11-12H,7-10H2,1-2H3. The van der Waals surface area contributed by atoms with Gasteiger partial charge in [0, 0.05) is 37.4 Å². The molecule has 0 N–H and O–H groups in total. The molecule has 2 aromatic carbocycles. The first-order valence-electron chi connectivity index (χ1n) is 8.30. The molecule has 1 heterocycles. The summed E-state index contributed by atoms with van der Waals surface area (Å²) in [6.45, 7) is 6.83. The number of carbonyl (C=O) groups is 1. The predicted octanol–water partition coefficient (Wildman–Crippen LogP) is 3.28. The van der Waals surface area contributed by atoms with Gasteiger partial charge >= 0.3 is 0 Å². The second kappa shape index (κ2) is 6.94. The van der Waals surface area contributed by atoms with Gasteiger partial charge in [-0.15, -0.1) is 0 Å². The Hall–Kier alpha value is -2.87. The molecule has 25 heavy (non-hydrogen) atoms. The lowest BCUT2D eigenvalue weighted by Gasteiger charge is -2.37. The summed E-state index contributed by atoms with van der Waals surface area (Å²) in [5, 5.41) is 8.79. The van der Waals surface area contributed by atoms with E-state index in [0.717, 1.165) is 19.2 Å². The second-order valence-corrected chi connectivity index (χ2v) is 6.38. The zero-order valence-electron chi connectivity index (χ0n) is 14.4. The summed E-state index contributed by atoms with van der Waals surface area (Å²) in [7, 11) is 0. The Labute approximate surface area is 147 Å². The molecule has 0 spiro atoms. The van der Waals surface area contributed by atoms with E-state index in [2.05, 4.69) is 36.9 Å². The molecule has 0 aromatic heterocycles. The topological polar surface area (TPSA) is 47.3 Å². The van der Waals surface area contributed by atoms with Crippen molar-refractivity contribution in [2.45, 2.75) is 13.8 Å². The molecule has 0 unspecified atom stereocenters. The molecule has 0 bridgehead atoms. The number of nitrogens with zero attached hydrogens (tertiary/aromatic N) is 3. The smallest absolute Gasteiger partial charge is 0.254 e. The molecule has 2 aromatic rings. The lowest BCUT2D eigenvalue weighted by molar-refractivity contribution is 0.0746. The number of nitriles is 1. The number of hydrogen-bond donors (Lipinski definition) is 0. The highest BCUT2D eigenvalue weighted by Gasteiger charge is 2.23. The number of halogens is 1. The van der Waals surface area contributed by atoms with E-state index in [0.29, 0.717) is 13.1 Å². The minimum atomic E-state index is -0.651. The van der Waals surface area contributed by atoms with Crippen molar-refractivity contribution in [3.63, 3.8) is 0 Å². The zero-order valence-corrected chi connectivity index (χ0v) is 14.4. The molecule has 1 aliphatic heterocycles. The van der Waals surface area contributed by atoms with Crippen LogP contribution in [0.3, 0.4) is 0 Å². The molecule has 4 nitrogen and oxygen atoms in total. The van der Waals surface area contributed by atoms with E-state index in [1.165, 1.54) is 28.9 Å². The molecule has 1 amide bonds. The van der Waals surface area contributed by atoms with Gasteiger partial charge in [-0.05, 0) is 49.2 Å². The van der Waals surface area contributed by atoms with Gasteiger partial charge in [-0.3, -0.25) is 4.79 Å². The SMILES string of the molecule is Cc1ccc(C)c(N2CCN(C(=O)c3ccc(C#N)c(F)c3)CC2)c1. The molecule has 5 heteroatoms. The summed E-state index contributed by atoms with van der Waals surface area (Å²) in [6.07, 6.45) is 0. The van der Waals surface area contributed by atoms with Gasteiger partial charge in [0.2, 0.25) is 0 Å². The average molecular weight is 337 g/mol. The van der Waals surface area contributed by atoms with Crippen LogP contribution in [0.5, 0.6) is 0 Å². The lowest BCUT2D eigenvalue weighted by atomic mass is 10.1. The van der Waals surface area contributed by atoms with Gasteiger partial charge in [0.1, 0.15) is 11.9 Å². The van der Waals surface area contributed by atoms with Gasteiger partial charge in [0.15, 0.2) is 0 Å². The van der Waals surface area contributed by atoms with Gasteiger partial charge in [0.05, 0.1) is 5.56 Å². The summed E-state index contributed by atoms with van der Waals surface area (Å²) >= 11 is 0. The lowest BCUT2D eigenvalue weighted by Crippen LogP contribution is -2.49. The number of hydrogen-bond acceptors (Lipinski definition) is 3. The molecular weight excluding hydrogens is 317 g/mol. The number of aryl methyl sites for hydroxylation is 2. The van der Waals surface area contributed by atoms with E-state index in [4.69, 9.17) is 5.26 Å². The average Bonchev–Trinajstić information content (AvgIpc) is 2.63. The maximum atomic E-state index is 13.7. The third-order valence-corrected chi connectivity index (χ3v) is 4.61. The molecule has 128 valence electrons. The van der Waals surface area contributed by atoms with Crippen molar-refractivity contribution in [2.75, 3.05) is 31.1 Å². The first-order chi connectivity index (χ1) is 12.0. The summed E-state index contributed by atoms with van der Waals surface area (Å²) < 4.78 is 13.7. The Kier molecular flexibility index (Phi) is 4.71. The van der Waals surface area contributed by atoms with Crippen LogP contribution in [0.15, 0.2) is 36.4 Å². The maximum Gasteiger partial charge on any atom is 0.254 e. The monoisotopic (exact) mass is 337 g/mol. The first-order valence-corrected chi connectivity index (χ1v) is 8.30. The minimum absolute atomic E-state index is 0.0451. The number of anilines is 1. The molecule has 0 atom stereocenters. The molecule has 0 aliphatic carbocycles. The van der Waals surface area contributed by atoms with E-state index >= 15 is 0 Å². The normalized spacial score (nSPS) is 14.3. The maximum absolute atomic E-state index is 13.7. The van der Waals surface area contributed by atoms with Crippen LogP contribution in [0.1, 0.15) is 27.0 Å². The fourth-order valence-electron chi connectivity index (χ4n) is 3.13.